The lowest BCUT2D eigenvalue weighted by molar-refractivity contribution is 0.218. The van der Waals surface area contributed by atoms with E-state index in [0.29, 0.717) is 35.0 Å². The Morgan fingerprint density at radius 3 is 2.62 bits per heavy atom. The Labute approximate surface area is 147 Å². The lowest BCUT2D eigenvalue weighted by Crippen LogP contribution is -2.37. The molecule has 1 aromatic carbocycles. The summed E-state index contributed by atoms with van der Waals surface area (Å²) in [5.74, 6) is 0.588. The van der Waals surface area contributed by atoms with Gasteiger partial charge in [-0.2, -0.15) is 5.26 Å². The summed E-state index contributed by atoms with van der Waals surface area (Å²) in [7, 11) is 3.36. The molecule has 0 atom stereocenters. The number of rotatable bonds is 4. The van der Waals surface area contributed by atoms with Gasteiger partial charge in [0.2, 0.25) is 0 Å². The van der Waals surface area contributed by atoms with Gasteiger partial charge >= 0.3 is 6.03 Å². The first-order valence-corrected chi connectivity index (χ1v) is 8.08. The molecule has 24 heavy (non-hydrogen) atoms. The third-order valence-electron chi connectivity index (χ3n) is 3.00. The maximum atomic E-state index is 11.4. The van der Waals surface area contributed by atoms with Gasteiger partial charge in [0.05, 0.1) is 17.1 Å². The van der Waals surface area contributed by atoms with E-state index in [-0.39, 0.29) is 6.03 Å². The Hall–Kier alpha value is -2.52. The molecule has 2 aromatic rings. The Balaban J connectivity index is 0.00000139. The number of halogens is 1. The molecule has 1 heterocycles. The van der Waals surface area contributed by atoms with Crippen molar-refractivity contribution >= 4 is 34.4 Å². The summed E-state index contributed by atoms with van der Waals surface area (Å²) in [5, 5.41) is 16.4. The van der Waals surface area contributed by atoms with Crippen molar-refractivity contribution in [1.29, 1.82) is 5.26 Å². The number of urea groups is 1. The minimum atomic E-state index is -0.152. The van der Waals surface area contributed by atoms with Crippen LogP contribution in [-0.2, 0) is 0 Å². The number of nitrogens with one attached hydrogen (secondary N) is 2. The molecular formula is C17H22ClN5O. The summed E-state index contributed by atoms with van der Waals surface area (Å²) < 4.78 is 0. The van der Waals surface area contributed by atoms with Crippen LogP contribution in [0.1, 0.15) is 19.4 Å². The standard InChI is InChI=1S/C15H16ClN5O.C2H6/c1-21(2)15(22)19-6-5-18-14-7-10(9-17)12-8-11(16)3-4-13(12)20-14;1-2/h3-4,7-8H,5-6H2,1-2H3,(H,18,20)(H,19,22);1-2H3. The smallest absolute Gasteiger partial charge is 0.316 e. The predicted molar refractivity (Wildman–Crippen MR) is 98.4 cm³/mol. The Bertz CT molecular complexity index is 740. The minimum Gasteiger partial charge on any atom is -0.368 e. The first-order chi connectivity index (χ1) is 11.5. The summed E-state index contributed by atoms with van der Waals surface area (Å²) in [5.41, 5.74) is 1.20. The molecule has 0 fully saturated rings. The molecule has 0 radical (unpaired) electrons. The summed E-state index contributed by atoms with van der Waals surface area (Å²) in [6.07, 6.45) is 0. The molecule has 2 amide bonds. The van der Waals surface area contributed by atoms with Crippen molar-refractivity contribution in [3.8, 4) is 6.07 Å². The zero-order chi connectivity index (χ0) is 18.1. The van der Waals surface area contributed by atoms with Crippen molar-refractivity contribution < 1.29 is 4.79 Å². The van der Waals surface area contributed by atoms with Gasteiger partial charge in [0.25, 0.3) is 0 Å². The van der Waals surface area contributed by atoms with Crippen molar-refractivity contribution in [2.24, 2.45) is 0 Å². The fourth-order valence-electron chi connectivity index (χ4n) is 1.90. The van der Waals surface area contributed by atoms with Crippen LogP contribution in [0.25, 0.3) is 10.9 Å². The molecule has 0 aliphatic heterocycles. The van der Waals surface area contributed by atoms with Gasteiger partial charge in [0.15, 0.2) is 0 Å². The van der Waals surface area contributed by atoms with Crippen molar-refractivity contribution in [1.82, 2.24) is 15.2 Å². The molecule has 0 unspecified atom stereocenters. The van der Waals surface area contributed by atoms with Gasteiger partial charge in [-0.25, -0.2) is 9.78 Å². The molecule has 2 rings (SSSR count). The van der Waals surface area contributed by atoms with E-state index in [9.17, 15) is 10.1 Å². The second-order valence-corrected chi connectivity index (χ2v) is 5.32. The highest BCUT2D eigenvalue weighted by Crippen LogP contribution is 2.23. The highest BCUT2D eigenvalue weighted by molar-refractivity contribution is 6.31. The third kappa shape index (κ3) is 5.28. The number of benzene rings is 1. The van der Waals surface area contributed by atoms with E-state index >= 15 is 0 Å². The molecule has 0 saturated carbocycles. The van der Waals surface area contributed by atoms with E-state index in [1.807, 2.05) is 13.8 Å². The van der Waals surface area contributed by atoms with E-state index in [1.54, 1.807) is 38.4 Å². The number of pyridine rings is 1. The molecule has 0 saturated heterocycles. The number of nitrogens with zero attached hydrogens (tertiary/aromatic N) is 3. The van der Waals surface area contributed by atoms with Crippen LogP contribution in [0, 0.1) is 11.3 Å². The third-order valence-corrected chi connectivity index (χ3v) is 3.24. The van der Waals surface area contributed by atoms with Gasteiger partial charge < -0.3 is 15.5 Å². The van der Waals surface area contributed by atoms with Gasteiger partial charge in [0, 0.05) is 37.6 Å². The van der Waals surface area contributed by atoms with Crippen molar-refractivity contribution in [2.45, 2.75) is 13.8 Å². The zero-order valence-electron chi connectivity index (χ0n) is 14.4. The number of aromatic nitrogens is 1. The average molecular weight is 348 g/mol. The second kappa shape index (κ2) is 9.58. The van der Waals surface area contributed by atoms with Crippen LogP contribution in [0.3, 0.4) is 0 Å². The lowest BCUT2D eigenvalue weighted by atomic mass is 10.1. The number of carbonyl (C=O) groups is 1. The monoisotopic (exact) mass is 347 g/mol. The van der Waals surface area contributed by atoms with Crippen molar-refractivity contribution in [2.75, 3.05) is 32.5 Å². The largest absolute Gasteiger partial charge is 0.368 e. The first kappa shape index (κ1) is 19.5. The summed E-state index contributed by atoms with van der Waals surface area (Å²) in [4.78, 5) is 17.3. The van der Waals surface area contributed by atoms with Gasteiger partial charge in [0.1, 0.15) is 5.82 Å². The molecular weight excluding hydrogens is 326 g/mol. The van der Waals surface area contributed by atoms with Gasteiger partial charge in [-0.1, -0.05) is 25.4 Å². The normalized spacial score (nSPS) is 9.50. The summed E-state index contributed by atoms with van der Waals surface area (Å²) >= 11 is 5.95. The number of fused-ring (bicyclic) bond motifs is 1. The highest BCUT2D eigenvalue weighted by atomic mass is 35.5. The van der Waals surface area contributed by atoms with E-state index in [0.717, 1.165) is 5.39 Å². The van der Waals surface area contributed by atoms with Gasteiger partial charge in [-0.3, -0.25) is 0 Å². The Kier molecular flexibility index (Phi) is 7.80. The number of hydrogen-bond acceptors (Lipinski definition) is 4. The molecule has 2 N–H and O–H groups in total. The molecule has 6 nitrogen and oxygen atoms in total. The molecule has 1 aromatic heterocycles. The molecule has 7 heteroatoms. The van der Waals surface area contributed by atoms with Gasteiger partial charge in [-0.05, 0) is 24.3 Å². The number of carbonyl (C=O) groups excluding carboxylic acids is 1. The number of anilines is 1. The SMILES string of the molecule is CC.CN(C)C(=O)NCCNc1cc(C#N)c2cc(Cl)ccc2n1. The molecule has 0 aliphatic carbocycles. The maximum Gasteiger partial charge on any atom is 0.316 e. The predicted octanol–water partition coefficient (Wildman–Crippen LogP) is 3.47. The highest BCUT2D eigenvalue weighted by Gasteiger charge is 2.06. The minimum absolute atomic E-state index is 0.152. The van der Waals surface area contributed by atoms with Gasteiger partial charge in [-0.15, -0.1) is 0 Å². The molecule has 0 spiro atoms. The first-order valence-electron chi connectivity index (χ1n) is 7.70. The van der Waals surface area contributed by atoms with Crippen LogP contribution < -0.4 is 10.6 Å². The molecule has 0 aliphatic rings. The second-order valence-electron chi connectivity index (χ2n) is 4.88. The fourth-order valence-corrected chi connectivity index (χ4v) is 2.07. The van der Waals surface area contributed by atoms with Crippen molar-refractivity contribution in [3.63, 3.8) is 0 Å². The summed E-state index contributed by atoms with van der Waals surface area (Å²) in [6, 6.07) is 8.90. The van der Waals surface area contributed by atoms with E-state index in [2.05, 4.69) is 21.7 Å². The van der Waals surface area contributed by atoms with E-state index < -0.39 is 0 Å². The maximum absolute atomic E-state index is 11.4. The summed E-state index contributed by atoms with van der Waals surface area (Å²) in [6.45, 7) is 4.97. The molecule has 128 valence electrons. The number of hydrogen-bond donors (Lipinski definition) is 2. The van der Waals surface area contributed by atoms with Crippen LogP contribution >= 0.6 is 11.6 Å². The Morgan fingerprint density at radius 1 is 1.29 bits per heavy atom. The number of amides is 2. The van der Waals surface area contributed by atoms with Crippen LogP contribution in [-0.4, -0.2) is 43.1 Å². The fraction of sp³-hybridized carbons (Fsp3) is 0.353. The van der Waals surface area contributed by atoms with Crippen molar-refractivity contribution in [3.05, 3.63) is 34.9 Å². The quantitative estimate of drug-likeness (QED) is 0.830. The van der Waals surface area contributed by atoms with Crippen LogP contribution in [0.5, 0.6) is 0 Å². The van der Waals surface area contributed by atoms with Crippen LogP contribution in [0.4, 0.5) is 10.6 Å². The van der Waals surface area contributed by atoms with E-state index in [1.165, 1.54) is 4.90 Å². The van der Waals surface area contributed by atoms with E-state index in [4.69, 9.17) is 11.6 Å². The topological polar surface area (TPSA) is 81.0 Å². The number of nitriles is 1. The zero-order valence-corrected chi connectivity index (χ0v) is 15.1. The lowest BCUT2D eigenvalue weighted by Gasteiger charge is -2.12. The average Bonchev–Trinajstić information content (AvgIpc) is 2.59. The Morgan fingerprint density at radius 2 is 2.00 bits per heavy atom. The molecule has 0 bridgehead atoms. The van der Waals surface area contributed by atoms with Crippen LogP contribution in [0.15, 0.2) is 24.3 Å². The van der Waals surface area contributed by atoms with Crippen LogP contribution in [0.2, 0.25) is 5.02 Å².